The molecule has 0 aliphatic rings. The van der Waals surface area contributed by atoms with Gasteiger partial charge in [0.1, 0.15) is 0 Å². The molecule has 92 valence electrons. The number of fused-ring (bicyclic) bond motifs is 1. The van der Waals surface area contributed by atoms with Crippen LogP contribution in [0.2, 0.25) is 0 Å². The van der Waals surface area contributed by atoms with E-state index >= 15 is 0 Å². The Kier molecular flexibility index (Phi) is 3.78. The van der Waals surface area contributed by atoms with E-state index in [1.54, 1.807) is 31.1 Å². The summed E-state index contributed by atoms with van der Waals surface area (Å²) in [5.41, 5.74) is 0.593. The zero-order chi connectivity index (χ0) is 12.1. The van der Waals surface area contributed by atoms with Gasteiger partial charge in [-0.3, -0.25) is 4.98 Å². The van der Waals surface area contributed by atoms with Gasteiger partial charge in [0.2, 0.25) is 0 Å². The summed E-state index contributed by atoms with van der Waals surface area (Å²) >= 11 is 0. The molecule has 2 aromatic heterocycles. The number of hydrogen-bond donors (Lipinski definition) is 1. The summed E-state index contributed by atoms with van der Waals surface area (Å²) in [6.07, 6.45) is 3.21. The van der Waals surface area contributed by atoms with Gasteiger partial charge < -0.3 is 14.8 Å². The minimum Gasteiger partial charge on any atom is -0.382 e. The van der Waals surface area contributed by atoms with Crippen molar-refractivity contribution < 1.29 is 9.47 Å². The Bertz CT molecular complexity index is 473. The first kappa shape index (κ1) is 11.7. The van der Waals surface area contributed by atoms with Crippen molar-refractivity contribution in [2.45, 2.75) is 6.10 Å². The van der Waals surface area contributed by atoms with E-state index < -0.39 is 0 Å². The number of nitrogens with zero attached hydrogens (tertiary/aromatic N) is 5. The maximum atomic E-state index is 5.24. The highest BCUT2D eigenvalue weighted by atomic mass is 16.5. The second-order valence-electron chi connectivity index (χ2n) is 3.44. The first-order valence-electron chi connectivity index (χ1n) is 5.13. The van der Waals surface area contributed by atoms with E-state index in [2.05, 4.69) is 25.8 Å². The highest BCUT2D eigenvalue weighted by Crippen LogP contribution is 2.06. The molecular formula is C9H14N6O2. The number of rotatable bonds is 6. The molecule has 2 aromatic rings. The molecule has 8 heteroatoms. The normalized spacial score (nSPS) is 12.8. The molecule has 0 bridgehead atoms. The Balaban J connectivity index is 2.05. The van der Waals surface area contributed by atoms with Crippen molar-refractivity contribution >= 4 is 11.5 Å². The van der Waals surface area contributed by atoms with Gasteiger partial charge in [-0.05, 0) is 10.4 Å². The van der Waals surface area contributed by atoms with Gasteiger partial charge in [0.25, 0.3) is 0 Å². The van der Waals surface area contributed by atoms with Crippen molar-refractivity contribution in [1.82, 2.24) is 25.0 Å². The molecule has 2 rings (SSSR count). The monoisotopic (exact) mass is 238 g/mol. The number of anilines is 1. The van der Waals surface area contributed by atoms with Crippen LogP contribution in [0.25, 0.3) is 5.65 Å². The SMILES string of the molecule is COCC(CNc1cncc2nnnn12)OC. The lowest BCUT2D eigenvalue weighted by atomic mass is 10.3. The first-order chi connectivity index (χ1) is 8.35. The number of tetrazole rings is 1. The molecule has 1 N–H and O–H groups in total. The van der Waals surface area contributed by atoms with Crippen LogP contribution in [-0.4, -0.2) is 58.5 Å². The Hall–Kier alpha value is -1.80. The number of aromatic nitrogens is 5. The summed E-state index contributed by atoms with van der Waals surface area (Å²) < 4.78 is 11.8. The second kappa shape index (κ2) is 5.51. The number of hydrogen-bond acceptors (Lipinski definition) is 7. The Morgan fingerprint density at radius 1 is 1.41 bits per heavy atom. The third-order valence-corrected chi connectivity index (χ3v) is 2.31. The summed E-state index contributed by atoms with van der Waals surface area (Å²) in [5.74, 6) is 0.714. The summed E-state index contributed by atoms with van der Waals surface area (Å²) in [7, 11) is 3.27. The van der Waals surface area contributed by atoms with Gasteiger partial charge >= 0.3 is 0 Å². The molecule has 0 aliphatic carbocycles. The van der Waals surface area contributed by atoms with Crippen LogP contribution in [0.15, 0.2) is 12.4 Å². The van der Waals surface area contributed by atoms with E-state index in [-0.39, 0.29) is 6.10 Å². The Morgan fingerprint density at radius 2 is 2.29 bits per heavy atom. The molecule has 0 fully saturated rings. The van der Waals surface area contributed by atoms with Gasteiger partial charge in [-0.25, -0.2) is 0 Å². The smallest absolute Gasteiger partial charge is 0.199 e. The highest BCUT2D eigenvalue weighted by Gasteiger charge is 2.08. The number of nitrogens with one attached hydrogen (secondary N) is 1. The van der Waals surface area contributed by atoms with Gasteiger partial charge in [-0.1, -0.05) is 0 Å². The summed E-state index contributed by atoms with van der Waals surface area (Å²) in [5, 5.41) is 14.4. The topological polar surface area (TPSA) is 86.5 Å². The fraction of sp³-hybridized carbons (Fsp3) is 0.556. The molecule has 1 unspecified atom stereocenters. The quantitative estimate of drug-likeness (QED) is 0.732. The van der Waals surface area contributed by atoms with E-state index in [4.69, 9.17) is 9.47 Å². The van der Waals surface area contributed by atoms with E-state index in [1.807, 2.05) is 0 Å². The van der Waals surface area contributed by atoms with E-state index in [0.717, 1.165) is 0 Å². The van der Waals surface area contributed by atoms with Crippen LogP contribution in [0.4, 0.5) is 5.82 Å². The second-order valence-corrected chi connectivity index (χ2v) is 3.44. The van der Waals surface area contributed by atoms with Crippen LogP contribution in [0.5, 0.6) is 0 Å². The maximum Gasteiger partial charge on any atom is 0.199 e. The minimum atomic E-state index is -0.0354. The first-order valence-corrected chi connectivity index (χ1v) is 5.13. The van der Waals surface area contributed by atoms with Gasteiger partial charge in [-0.2, -0.15) is 4.52 Å². The van der Waals surface area contributed by atoms with Crippen LogP contribution >= 0.6 is 0 Å². The molecule has 0 radical (unpaired) electrons. The number of methoxy groups -OCH3 is 2. The number of ether oxygens (including phenoxy) is 2. The van der Waals surface area contributed by atoms with Crippen molar-refractivity contribution in [2.75, 3.05) is 32.7 Å². The highest BCUT2D eigenvalue weighted by molar-refractivity contribution is 5.43. The summed E-state index contributed by atoms with van der Waals surface area (Å²) in [6.45, 7) is 1.10. The molecule has 0 saturated carbocycles. The lowest BCUT2D eigenvalue weighted by Crippen LogP contribution is -2.27. The standard InChI is InChI=1S/C9H14N6O2/c1-16-6-7(17-2)3-11-8-4-10-5-9-12-13-14-15(8)9/h4-5,7,11H,3,6H2,1-2H3. The van der Waals surface area contributed by atoms with Crippen LogP contribution in [0.3, 0.4) is 0 Å². The predicted octanol–water partition coefficient (Wildman–Crippen LogP) is -0.407. The summed E-state index contributed by atoms with van der Waals surface area (Å²) in [4.78, 5) is 4.04. The molecule has 0 saturated heterocycles. The van der Waals surface area contributed by atoms with Gasteiger partial charge in [0.05, 0.1) is 25.1 Å². The third-order valence-electron chi connectivity index (χ3n) is 2.31. The molecule has 2 heterocycles. The summed E-state index contributed by atoms with van der Waals surface area (Å²) in [6, 6.07) is 0. The molecule has 0 aromatic carbocycles. The van der Waals surface area contributed by atoms with Gasteiger partial charge in [-0.15, -0.1) is 5.10 Å². The average molecular weight is 238 g/mol. The van der Waals surface area contributed by atoms with Crippen molar-refractivity contribution in [3.05, 3.63) is 12.4 Å². The zero-order valence-corrected chi connectivity index (χ0v) is 9.70. The van der Waals surface area contributed by atoms with Crippen LogP contribution in [-0.2, 0) is 9.47 Å². The van der Waals surface area contributed by atoms with Crippen molar-refractivity contribution in [3.8, 4) is 0 Å². The maximum absolute atomic E-state index is 5.24. The van der Waals surface area contributed by atoms with Crippen molar-refractivity contribution in [3.63, 3.8) is 0 Å². The molecular weight excluding hydrogens is 224 g/mol. The molecule has 8 nitrogen and oxygen atoms in total. The largest absolute Gasteiger partial charge is 0.382 e. The fourth-order valence-corrected chi connectivity index (χ4v) is 1.41. The minimum absolute atomic E-state index is 0.0354. The van der Waals surface area contributed by atoms with Crippen LogP contribution in [0, 0.1) is 0 Å². The Labute approximate surface area is 97.9 Å². The van der Waals surface area contributed by atoms with Crippen LogP contribution < -0.4 is 5.32 Å². The fourth-order valence-electron chi connectivity index (χ4n) is 1.41. The molecule has 1 atom stereocenters. The van der Waals surface area contributed by atoms with Crippen LogP contribution in [0.1, 0.15) is 0 Å². The van der Waals surface area contributed by atoms with Gasteiger partial charge in [0.15, 0.2) is 11.5 Å². The van der Waals surface area contributed by atoms with E-state index in [1.165, 1.54) is 0 Å². The lowest BCUT2D eigenvalue weighted by molar-refractivity contribution is 0.0365. The third kappa shape index (κ3) is 2.66. The zero-order valence-electron chi connectivity index (χ0n) is 9.70. The molecule has 17 heavy (non-hydrogen) atoms. The van der Waals surface area contributed by atoms with E-state index in [0.29, 0.717) is 24.6 Å². The average Bonchev–Trinajstić information content (AvgIpc) is 2.83. The molecule has 0 spiro atoms. The Morgan fingerprint density at radius 3 is 3.06 bits per heavy atom. The molecule has 0 amide bonds. The van der Waals surface area contributed by atoms with Crippen molar-refractivity contribution in [2.24, 2.45) is 0 Å². The molecule has 0 aliphatic heterocycles. The predicted molar refractivity (Wildman–Crippen MR) is 59.7 cm³/mol. The van der Waals surface area contributed by atoms with Gasteiger partial charge in [0, 0.05) is 20.8 Å². The lowest BCUT2D eigenvalue weighted by Gasteiger charge is -2.15. The van der Waals surface area contributed by atoms with E-state index in [9.17, 15) is 0 Å². The van der Waals surface area contributed by atoms with Crippen molar-refractivity contribution in [1.29, 1.82) is 0 Å².